The monoisotopic (exact) mass is 603 g/mol. The fraction of sp³-hybridized carbons (Fsp3) is 0.703. The Bertz CT molecular complexity index is 1440. The van der Waals surface area contributed by atoms with Gasteiger partial charge in [-0.2, -0.15) is 0 Å². The van der Waals surface area contributed by atoms with Crippen LogP contribution >= 0.6 is 0 Å². The van der Waals surface area contributed by atoms with Gasteiger partial charge < -0.3 is 20.2 Å². The van der Waals surface area contributed by atoms with Crippen molar-refractivity contribution in [2.24, 2.45) is 27.6 Å². The Kier molecular flexibility index (Phi) is 7.24. The molecule has 240 valence electrons. The molecule has 5 aliphatic carbocycles. The lowest BCUT2D eigenvalue weighted by Gasteiger charge is -2.70. The van der Waals surface area contributed by atoms with Crippen LogP contribution in [0.3, 0.4) is 0 Å². The number of likely N-dealkylation sites (N-methyl/N-ethyl adjacent to an activating group) is 1. The van der Waals surface area contributed by atoms with Crippen LogP contribution in [0.25, 0.3) is 0 Å². The maximum atomic E-state index is 13.6. The Balaban J connectivity index is 1.29. The molecule has 0 spiro atoms. The lowest BCUT2D eigenvalue weighted by molar-refractivity contribution is -0.159. The summed E-state index contributed by atoms with van der Waals surface area (Å²) < 4.78 is 0. The first-order valence-electron chi connectivity index (χ1n) is 16.9. The normalized spacial score (nSPS) is 41.6. The highest BCUT2D eigenvalue weighted by Crippen LogP contribution is 2.75. The van der Waals surface area contributed by atoms with Crippen molar-refractivity contribution in [1.82, 2.24) is 15.1 Å². The van der Waals surface area contributed by atoms with Crippen LogP contribution in [0.1, 0.15) is 99.3 Å². The Hall–Kier alpha value is -2.67. The van der Waals surface area contributed by atoms with Gasteiger partial charge in [0.05, 0.1) is 0 Å². The zero-order chi connectivity index (χ0) is 32.0. The van der Waals surface area contributed by atoms with Crippen molar-refractivity contribution in [3.05, 3.63) is 46.3 Å². The van der Waals surface area contributed by atoms with Crippen LogP contribution in [0.2, 0.25) is 0 Å². The molecule has 1 aliphatic heterocycles. The Morgan fingerprint density at radius 3 is 2.43 bits per heavy atom. The SMILES string of the molecule is CC1=C(O)C(=O)C=C2C1=CC=C1[C@@]2(C)CC[C@@]2(C)C3C[C@](C)(NC(=O)C(=O)N4CCC[C@@H]4CN(C)C)CC[C@]3(C)CC[C@]12C. The van der Waals surface area contributed by atoms with Gasteiger partial charge in [-0.05, 0) is 125 Å². The molecular weight excluding hydrogens is 550 g/mol. The number of carbonyl (C=O) groups excluding carboxylic acids is 3. The van der Waals surface area contributed by atoms with E-state index < -0.39 is 11.4 Å². The van der Waals surface area contributed by atoms with Crippen LogP contribution in [0.4, 0.5) is 0 Å². The standard InChI is InChI=1S/C37H53N3O4/c1-23-25-11-12-28-35(4,26(25)20-27(41)30(23)42)16-18-37(6)29-21-34(3,15-13-33(29,2)14-17-36(28,37)5)38-31(43)32(44)40-19-9-10-24(40)22-39(7)8/h11-12,20,24,29,42H,9-10,13-19,21-22H2,1-8H3,(H,38,43)/t24-,29?,33-,34-,35+,36-,37+/m1/s1. The Morgan fingerprint density at radius 1 is 1.02 bits per heavy atom. The molecule has 2 amide bonds. The van der Waals surface area contributed by atoms with Gasteiger partial charge in [-0.15, -0.1) is 0 Å². The van der Waals surface area contributed by atoms with E-state index in [1.54, 1.807) is 11.0 Å². The predicted molar refractivity (Wildman–Crippen MR) is 173 cm³/mol. The summed E-state index contributed by atoms with van der Waals surface area (Å²) in [5.41, 5.74) is 3.50. The zero-order valence-corrected chi connectivity index (χ0v) is 28.2. The minimum atomic E-state index is -0.449. The number of rotatable bonds is 3. The van der Waals surface area contributed by atoms with E-state index in [1.165, 1.54) is 5.57 Å². The van der Waals surface area contributed by atoms with E-state index in [0.29, 0.717) is 18.0 Å². The highest BCUT2D eigenvalue weighted by molar-refractivity contribution is 6.35. The first-order chi connectivity index (χ1) is 20.5. The number of hydrogen-bond donors (Lipinski definition) is 2. The average molecular weight is 604 g/mol. The van der Waals surface area contributed by atoms with Crippen molar-refractivity contribution < 1.29 is 19.5 Å². The van der Waals surface area contributed by atoms with E-state index in [1.807, 2.05) is 21.0 Å². The van der Waals surface area contributed by atoms with Crippen molar-refractivity contribution in [3.8, 4) is 0 Å². The van der Waals surface area contributed by atoms with E-state index in [2.05, 4.69) is 57.0 Å². The molecule has 44 heavy (non-hydrogen) atoms. The molecule has 6 aliphatic rings. The van der Waals surface area contributed by atoms with E-state index in [-0.39, 0.29) is 45.2 Å². The molecule has 6 rings (SSSR count). The van der Waals surface area contributed by atoms with E-state index in [4.69, 9.17) is 0 Å². The van der Waals surface area contributed by atoms with Crippen LogP contribution in [-0.4, -0.2) is 71.3 Å². The first kappa shape index (κ1) is 31.3. The second-order valence-corrected chi connectivity index (χ2v) is 16.6. The van der Waals surface area contributed by atoms with Crippen LogP contribution in [-0.2, 0) is 14.4 Å². The molecule has 1 unspecified atom stereocenters. The van der Waals surface area contributed by atoms with Gasteiger partial charge in [-0.25, -0.2) is 0 Å². The van der Waals surface area contributed by atoms with Crippen molar-refractivity contribution in [3.63, 3.8) is 0 Å². The van der Waals surface area contributed by atoms with Crippen molar-refractivity contribution in [1.29, 1.82) is 0 Å². The molecule has 7 nitrogen and oxygen atoms in total. The molecule has 0 radical (unpaired) electrons. The second-order valence-electron chi connectivity index (χ2n) is 16.6. The molecule has 0 bridgehead atoms. The first-order valence-corrected chi connectivity index (χ1v) is 16.9. The number of fused-ring (bicyclic) bond motifs is 7. The zero-order valence-electron chi connectivity index (χ0n) is 28.2. The van der Waals surface area contributed by atoms with Gasteiger partial charge in [0.25, 0.3) is 0 Å². The lowest BCUT2D eigenvalue weighted by atomic mass is 9.35. The number of likely N-dealkylation sites (tertiary alicyclic amines) is 1. The largest absolute Gasteiger partial charge is 0.504 e. The molecule has 1 heterocycles. The number of aliphatic hydroxyl groups excluding tert-OH is 1. The third-order valence-electron chi connectivity index (χ3n) is 13.7. The third kappa shape index (κ3) is 4.42. The lowest BCUT2D eigenvalue weighted by Crippen LogP contribution is -2.65. The number of amides is 2. The van der Waals surface area contributed by atoms with Crippen LogP contribution in [0, 0.1) is 27.6 Å². The molecule has 1 saturated heterocycles. The van der Waals surface area contributed by atoms with Crippen LogP contribution < -0.4 is 5.32 Å². The summed E-state index contributed by atoms with van der Waals surface area (Å²) in [4.78, 5) is 43.7. The minimum Gasteiger partial charge on any atom is -0.504 e. The Morgan fingerprint density at radius 2 is 1.73 bits per heavy atom. The van der Waals surface area contributed by atoms with Gasteiger partial charge >= 0.3 is 11.8 Å². The maximum Gasteiger partial charge on any atom is 0.312 e. The molecule has 7 atom stereocenters. The van der Waals surface area contributed by atoms with Crippen LogP contribution in [0.5, 0.6) is 0 Å². The number of carbonyl (C=O) groups is 3. The topological polar surface area (TPSA) is 89.9 Å². The van der Waals surface area contributed by atoms with Gasteiger partial charge in [0.1, 0.15) is 0 Å². The van der Waals surface area contributed by atoms with Gasteiger partial charge in [-0.3, -0.25) is 14.4 Å². The highest BCUT2D eigenvalue weighted by atomic mass is 16.3. The van der Waals surface area contributed by atoms with Gasteiger partial charge in [0, 0.05) is 35.7 Å². The summed E-state index contributed by atoms with van der Waals surface area (Å²) in [6.45, 7) is 15.1. The number of hydrogen-bond acceptors (Lipinski definition) is 5. The van der Waals surface area contributed by atoms with Crippen LogP contribution in [0.15, 0.2) is 46.3 Å². The summed E-state index contributed by atoms with van der Waals surface area (Å²) in [5.74, 6) is -0.880. The van der Waals surface area contributed by atoms with Crippen molar-refractivity contribution in [2.75, 3.05) is 27.2 Å². The van der Waals surface area contributed by atoms with Gasteiger partial charge in [0.2, 0.25) is 5.78 Å². The number of allylic oxidation sites excluding steroid dienone is 7. The fourth-order valence-electron chi connectivity index (χ4n) is 10.7. The maximum absolute atomic E-state index is 13.6. The second kappa shape index (κ2) is 10.2. The molecule has 0 aromatic carbocycles. The smallest absolute Gasteiger partial charge is 0.312 e. The number of nitrogens with one attached hydrogen (secondary N) is 1. The summed E-state index contributed by atoms with van der Waals surface area (Å²) in [5, 5.41) is 13.7. The summed E-state index contributed by atoms with van der Waals surface area (Å²) in [6, 6.07) is 0.0939. The molecule has 4 fully saturated rings. The van der Waals surface area contributed by atoms with Crippen molar-refractivity contribution in [2.45, 2.75) is 111 Å². The molecular formula is C37H53N3O4. The van der Waals surface area contributed by atoms with E-state index in [9.17, 15) is 19.5 Å². The highest BCUT2D eigenvalue weighted by Gasteiger charge is 2.67. The minimum absolute atomic E-state index is 0.00881. The summed E-state index contributed by atoms with van der Waals surface area (Å²) >= 11 is 0. The molecule has 0 aromatic heterocycles. The van der Waals surface area contributed by atoms with Crippen molar-refractivity contribution >= 4 is 17.6 Å². The molecule has 7 heteroatoms. The van der Waals surface area contributed by atoms with E-state index >= 15 is 0 Å². The quantitative estimate of drug-likeness (QED) is 0.385. The average Bonchev–Trinajstić information content (AvgIpc) is 3.41. The summed E-state index contributed by atoms with van der Waals surface area (Å²) in [6.07, 6.45) is 14.9. The Labute approximate surface area is 263 Å². The molecule has 2 N–H and O–H groups in total. The number of aliphatic hydroxyl groups is 1. The predicted octanol–water partition coefficient (Wildman–Crippen LogP) is 6.03. The number of nitrogens with zero attached hydrogens (tertiary/aromatic N) is 2. The number of ketones is 1. The third-order valence-corrected chi connectivity index (χ3v) is 13.7. The molecule has 0 aromatic rings. The summed E-state index contributed by atoms with van der Waals surface area (Å²) in [7, 11) is 4.03. The van der Waals surface area contributed by atoms with Gasteiger partial charge in [-0.1, -0.05) is 45.4 Å². The fourth-order valence-corrected chi connectivity index (χ4v) is 10.7. The molecule has 3 saturated carbocycles. The van der Waals surface area contributed by atoms with Gasteiger partial charge in [0.15, 0.2) is 5.76 Å². The van der Waals surface area contributed by atoms with E-state index in [0.717, 1.165) is 75.5 Å².